The molecule has 0 saturated heterocycles. The lowest BCUT2D eigenvalue weighted by molar-refractivity contribution is 0.0693. The first-order chi connectivity index (χ1) is 15.2. The van der Waals surface area contributed by atoms with Crippen LogP contribution in [0.25, 0.3) is 21.9 Å². The Morgan fingerprint density at radius 1 is 0.781 bits per heavy atom. The Labute approximate surface area is 189 Å². The molecule has 0 unspecified atom stereocenters. The van der Waals surface area contributed by atoms with E-state index < -0.39 is 5.97 Å². The number of rotatable bonds is 5. The van der Waals surface area contributed by atoms with Gasteiger partial charge < -0.3 is 10.2 Å². The van der Waals surface area contributed by atoms with Crippen LogP contribution in [0.4, 0.5) is 0 Å². The number of phenols is 1. The molecule has 0 radical (unpaired) electrons. The molecule has 0 aliphatic rings. The summed E-state index contributed by atoms with van der Waals surface area (Å²) in [6, 6.07) is 26.1. The zero-order valence-electron chi connectivity index (χ0n) is 18.7. The molecule has 0 atom stereocenters. The third-order valence-corrected chi connectivity index (χ3v) is 6.01. The smallest absolute Gasteiger partial charge is 0.339 e. The lowest BCUT2D eigenvalue weighted by Crippen LogP contribution is -2.10. The molecule has 3 heteroatoms. The van der Waals surface area contributed by atoms with Gasteiger partial charge in [-0.3, -0.25) is 0 Å². The molecule has 3 nitrogen and oxygen atoms in total. The average molecular weight is 425 g/mol. The quantitative estimate of drug-likeness (QED) is 0.363. The monoisotopic (exact) mass is 424 g/mol. The number of carboxylic acid groups (broad SMARTS) is 1. The molecule has 0 amide bonds. The maximum Gasteiger partial charge on any atom is 0.339 e. The number of fused-ring (bicyclic) bond motifs is 1. The molecule has 0 heterocycles. The molecule has 0 aromatic heterocycles. The van der Waals surface area contributed by atoms with E-state index in [4.69, 9.17) is 0 Å². The SMILES string of the molecule is CC(C)(C)c1ccc(CCc2cc(-c3ccc4ccccc4c3)cc(C(=O)O)c2O)cc1. The number of carboxylic acids is 1. The molecule has 4 rings (SSSR count). The highest BCUT2D eigenvalue weighted by molar-refractivity contribution is 5.94. The minimum absolute atomic E-state index is 0.0614. The van der Waals surface area contributed by atoms with Crippen LogP contribution in [0.2, 0.25) is 0 Å². The summed E-state index contributed by atoms with van der Waals surface area (Å²) in [6.45, 7) is 6.56. The molecule has 4 aromatic carbocycles. The molecule has 0 aliphatic carbocycles. The number of aromatic carboxylic acids is 1. The van der Waals surface area contributed by atoms with E-state index in [1.807, 2.05) is 36.4 Å². The first-order valence-corrected chi connectivity index (χ1v) is 10.9. The van der Waals surface area contributed by atoms with Crippen molar-refractivity contribution in [2.45, 2.75) is 39.0 Å². The van der Waals surface area contributed by atoms with Gasteiger partial charge in [0.2, 0.25) is 0 Å². The molecule has 2 N–H and O–H groups in total. The molecule has 0 bridgehead atoms. The Balaban J connectivity index is 1.67. The number of hydrogen-bond donors (Lipinski definition) is 2. The molecule has 0 fully saturated rings. The van der Waals surface area contributed by atoms with Gasteiger partial charge in [-0.15, -0.1) is 0 Å². The van der Waals surface area contributed by atoms with Crippen molar-refractivity contribution in [3.05, 3.63) is 101 Å². The molecular weight excluding hydrogens is 396 g/mol. The Bertz CT molecular complexity index is 1280. The fraction of sp³-hybridized carbons (Fsp3) is 0.207. The largest absolute Gasteiger partial charge is 0.507 e. The lowest BCUT2D eigenvalue weighted by Gasteiger charge is -2.19. The van der Waals surface area contributed by atoms with Gasteiger partial charge in [0.15, 0.2) is 0 Å². The van der Waals surface area contributed by atoms with Crippen molar-refractivity contribution >= 4 is 16.7 Å². The summed E-state index contributed by atoms with van der Waals surface area (Å²) in [5.41, 5.74) is 4.84. The van der Waals surface area contributed by atoms with E-state index in [2.05, 4.69) is 57.2 Å². The van der Waals surface area contributed by atoms with Gasteiger partial charge in [-0.2, -0.15) is 0 Å². The van der Waals surface area contributed by atoms with E-state index in [1.165, 1.54) is 5.56 Å². The summed E-state index contributed by atoms with van der Waals surface area (Å²) < 4.78 is 0. The predicted octanol–water partition coefficient (Wildman–Crippen LogP) is 6.99. The van der Waals surface area contributed by atoms with E-state index >= 15 is 0 Å². The summed E-state index contributed by atoms with van der Waals surface area (Å²) in [4.78, 5) is 11.8. The average Bonchev–Trinajstić information content (AvgIpc) is 2.77. The van der Waals surface area contributed by atoms with Crippen LogP contribution in [-0.4, -0.2) is 16.2 Å². The van der Waals surface area contributed by atoms with Gasteiger partial charge in [0.1, 0.15) is 11.3 Å². The zero-order chi connectivity index (χ0) is 22.9. The minimum Gasteiger partial charge on any atom is -0.507 e. The number of carbonyl (C=O) groups is 1. The van der Waals surface area contributed by atoms with Gasteiger partial charge in [-0.05, 0) is 75.0 Å². The molecule has 4 aromatic rings. The van der Waals surface area contributed by atoms with Crippen molar-refractivity contribution in [2.75, 3.05) is 0 Å². The van der Waals surface area contributed by atoms with E-state index in [0.29, 0.717) is 12.0 Å². The van der Waals surface area contributed by atoms with Crippen molar-refractivity contribution in [1.29, 1.82) is 0 Å². The third kappa shape index (κ3) is 4.52. The topological polar surface area (TPSA) is 57.5 Å². The second kappa shape index (κ2) is 8.51. The van der Waals surface area contributed by atoms with Gasteiger partial charge in [0.25, 0.3) is 0 Å². The third-order valence-electron chi connectivity index (χ3n) is 6.01. The minimum atomic E-state index is -1.12. The summed E-state index contributed by atoms with van der Waals surface area (Å²) in [6.07, 6.45) is 1.28. The normalized spacial score (nSPS) is 11.6. The number of aromatic hydroxyl groups is 1. The van der Waals surface area contributed by atoms with Crippen LogP contribution in [0, 0.1) is 0 Å². The van der Waals surface area contributed by atoms with Crippen LogP contribution in [-0.2, 0) is 18.3 Å². The van der Waals surface area contributed by atoms with E-state index in [0.717, 1.165) is 33.9 Å². The fourth-order valence-electron chi connectivity index (χ4n) is 4.03. The highest BCUT2D eigenvalue weighted by Gasteiger charge is 2.17. The second-order valence-corrected chi connectivity index (χ2v) is 9.35. The first kappa shape index (κ1) is 21.6. The number of hydrogen-bond acceptors (Lipinski definition) is 2. The van der Waals surface area contributed by atoms with Gasteiger partial charge in [0.05, 0.1) is 0 Å². The standard InChI is InChI=1S/C29H28O3/c1-29(2,3)25-14-9-19(10-15-25)8-11-23-17-24(18-26(27(23)30)28(31)32)22-13-12-20-6-4-5-7-21(20)16-22/h4-7,9-10,12-18,30H,8,11H2,1-3H3,(H,31,32). The summed E-state index contributed by atoms with van der Waals surface area (Å²) in [5, 5.41) is 22.5. The predicted molar refractivity (Wildman–Crippen MR) is 131 cm³/mol. The van der Waals surface area contributed by atoms with Gasteiger partial charge in [0, 0.05) is 0 Å². The van der Waals surface area contributed by atoms with Crippen LogP contribution < -0.4 is 0 Å². The van der Waals surface area contributed by atoms with E-state index in [9.17, 15) is 15.0 Å². The Morgan fingerprint density at radius 3 is 2.12 bits per heavy atom. The molecule has 0 saturated carbocycles. The van der Waals surface area contributed by atoms with E-state index in [1.54, 1.807) is 6.07 Å². The number of benzene rings is 4. The Hall–Kier alpha value is -3.59. The fourth-order valence-corrected chi connectivity index (χ4v) is 4.03. The number of aryl methyl sites for hydroxylation is 2. The van der Waals surface area contributed by atoms with Crippen LogP contribution in [0.1, 0.15) is 47.8 Å². The van der Waals surface area contributed by atoms with Crippen LogP contribution in [0.15, 0.2) is 78.9 Å². The van der Waals surface area contributed by atoms with E-state index in [-0.39, 0.29) is 16.7 Å². The second-order valence-electron chi connectivity index (χ2n) is 9.35. The van der Waals surface area contributed by atoms with Gasteiger partial charge in [-0.1, -0.05) is 81.4 Å². The van der Waals surface area contributed by atoms with Gasteiger partial charge >= 0.3 is 5.97 Å². The van der Waals surface area contributed by atoms with Crippen LogP contribution in [0.5, 0.6) is 5.75 Å². The maximum atomic E-state index is 11.8. The van der Waals surface area contributed by atoms with Crippen LogP contribution >= 0.6 is 0 Å². The highest BCUT2D eigenvalue weighted by Crippen LogP contribution is 2.33. The molecule has 32 heavy (non-hydrogen) atoms. The van der Waals surface area contributed by atoms with Crippen molar-refractivity contribution in [2.24, 2.45) is 0 Å². The van der Waals surface area contributed by atoms with Crippen molar-refractivity contribution in [1.82, 2.24) is 0 Å². The summed E-state index contributed by atoms with van der Waals surface area (Å²) >= 11 is 0. The lowest BCUT2D eigenvalue weighted by atomic mass is 9.86. The first-order valence-electron chi connectivity index (χ1n) is 10.9. The van der Waals surface area contributed by atoms with Crippen molar-refractivity contribution in [3.8, 4) is 16.9 Å². The van der Waals surface area contributed by atoms with Crippen molar-refractivity contribution in [3.63, 3.8) is 0 Å². The molecule has 0 aliphatic heterocycles. The highest BCUT2D eigenvalue weighted by atomic mass is 16.4. The Morgan fingerprint density at radius 2 is 1.47 bits per heavy atom. The van der Waals surface area contributed by atoms with Crippen LogP contribution in [0.3, 0.4) is 0 Å². The maximum absolute atomic E-state index is 11.8. The molecule has 162 valence electrons. The summed E-state index contributed by atoms with van der Waals surface area (Å²) in [7, 11) is 0. The van der Waals surface area contributed by atoms with Crippen molar-refractivity contribution < 1.29 is 15.0 Å². The molecular formula is C29H28O3. The zero-order valence-corrected chi connectivity index (χ0v) is 18.7. The molecule has 0 spiro atoms. The van der Waals surface area contributed by atoms with Gasteiger partial charge in [-0.25, -0.2) is 4.79 Å². The Kier molecular flexibility index (Phi) is 5.75. The summed E-state index contributed by atoms with van der Waals surface area (Å²) in [5.74, 6) is -1.27.